The minimum absolute atomic E-state index is 0.101. The SMILES string of the molecule is CCCCNC(=O)C(CC)N(Cc1cccc(C)c1)C(=O)CN(c1ccccc1C)S(=O)(=O)c1ccc(C)cc1. The van der Waals surface area contributed by atoms with Gasteiger partial charge in [-0.1, -0.05) is 86.0 Å². The smallest absolute Gasteiger partial charge is 0.264 e. The zero-order valence-electron chi connectivity index (χ0n) is 24.2. The van der Waals surface area contributed by atoms with E-state index >= 15 is 0 Å². The van der Waals surface area contributed by atoms with Crippen LogP contribution in [0.25, 0.3) is 0 Å². The lowest BCUT2D eigenvalue weighted by molar-refractivity contribution is -0.140. The number of nitrogens with zero attached hydrogens (tertiary/aromatic N) is 2. The van der Waals surface area contributed by atoms with E-state index in [4.69, 9.17) is 0 Å². The summed E-state index contributed by atoms with van der Waals surface area (Å²) < 4.78 is 29.1. The quantitative estimate of drug-likeness (QED) is 0.277. The maximum atomic E-state index is 14.1. The third-order valence-electron chi connectivity index (χ3n) is 6.92. The molecule has 3 aromatic rings. The van der Waals surface area contributed by atoms with Gasteiger partial charge in [-0.05, 0) is 62.9 Å². The molecule has 0 radical (unpaired) electrons. The van der Waals surface area contributed by atoms with Gasteiger partial charge in [0.05, 0.1) is 10.6 Å². The van der Waals surface area contributed by atoms with E-state index < -0.39 is 28.5 Å². The van der Waals surface area contributed by atoms with Crippen molar-refractivity contribution in [3.05, 3.63) is 95.1 Å². The summed E-state index contributed by atoms with van der Waals surface area (Å²) in [5, 5.41) is 2.96. The molecule has 214 valence electrons. The van der Waals surface area contributed by atoms with Crippen LogP contribution in [0.3, 0.4) is 0 Å². The zero-order chi connectivity index (χ0) is 29.3. The molecule has 1 N–H and O–H groups in total. The van der Waals surface area contributed by atoms with E-state index in [-0.39, 0.29) is 17.3 Å². The maximum absolute atomic E-state index is 14.1. The number of rotatable bonds is 13. The number of carbonyl (C=O) groups excluding carboxylic acids is 2. The Morgan fingerprint density at radius 1 is 0.875 bits per heavy atom. The van der Waals surface area contributed by atoms with E-state index in [0.29, 0.717) is 18.7 Å². The number of anilines is 1. The molecule has 0 bridgehead atoms. The molecule has 0 saturated carbocycles. The van der Waals surface area contributed by atoms with Crippen molar-refractivity contribution < 1.29 is 18.0 Å². The van der Waals surface area contributed by atoms with Crippen molar-refractivity contribution in [2.24, 2.45) is 0 Å². The molecule has 8 heteroatoms. The Balaban J connectivity index is 2.05. The molecule has 40 heavy (non-hydrogen) atoms. The van der Waals surface area contributed by atoms with Gasteiger partial charge in [0.1, 0.15) is 12.6 Å². The van der Waals surface area contributed by atoms with Crippen LogP contribution in [0.5, 0.6) is 0 Å². The molecule has 0 saturated heterocycles. The van der Waals surface area contributed by atoms with Crippen LogP contribution < -0.4 is 9.62 Å². The second-order valence-corrected chi connectivity index (χ2v) is 12.1. The second-order valence-electron chi connectivity index (χ2n) is 10.2. The lowest BCUT2D eigenvalue weighted by Gasteiger charge is -2.33. The van der Waals surface area contributed by atoms with Crippen LogP contribution in [0.1, 0.15) is 55.4 Å². The highest BCUT2D eigenvalue weighted by molar-refractivity contribution is 7.92. The third kappa shape index (κ3) is 7.72. The van der Waals surface area contributed by atoms with Gasteiger partial charge in [0.25, 0.3) is 10.0 Å². The fourth-order valence-electron chi connectivity index (χ4n) is 4.63. The molecule has 0 spiro atoms. The number of benzene rings is 3. The van der Waals surface area contributed by atoms with Crippen LogP contribution >= 0.6 is 0 Å². The third-order valence-corrected chi connectivity index (χ3v) is 8.70. The minimum atomic E-state index is -4.09. The van der Waals surface area contributed by atoms with Crippen molar-refractivity contribution in [2.45, 2.75) is 71.4 Å². The second kappa shape index (κ2) is 14.1. The molecule has 3 aromatic carbocycles. The van der Waals surface area contributed by atoms with E-state index in [2.05, 4.69) is 5.32 Å². The number of unbranched alkanes of at least 4 members (excludes halogenated alkanes) is 1. The predicted molar refractivity (Wildman–Crippen MR) is 161 cm³/mol. The number of nitrogens with one attached hydrogen (secondary N) is 1. The van der Waals surface area contributed by atoms with Crippen molar-refractivity contribution in [3.8, 4) is 0 Å². The fourth-order valence-corrected chi connectivity index (χ4v) is 6.11. The summed E-state index contributed by atoms with van der Waals surface area (Å²) in [6.07, 6.45) is 2.17. The summed E-state index contributed by atoms with van der Waals surface area (Å²) in [6.45, 7) is 9.86. The van der Waals surface area contributed by atoms with Crippen LogP contribution in [0.15, 0.2) is 77.7 Å². The Labute approximate surface area is 239 Å². The van der Waals surface area contributed by atoms with E-state index in [9.17, 15) is 18.0 Å². The lowest BCUT2D eigenvalue weighted by Crippen LogP contribution is -2.52. The number of carbonyl (C=O) groups is 2. The number of para-hydroxylation sites is 1. The molecule has 2 amide bonds. The van der Waals surface area contributed by atoms with Gasteiger partial charge >= 0.3 is 0 Å². The van der Waals surface area contributed by atoms with Crippen molar-refractivity contribution in [2.75, 3.05) is 17.4 Å². The fraction of sp³-hybridized carbons (Fsp3) is 0.375. The monoisotopic (exact) mass is 563 g/mol. The van der Waals surface area contributed by atoms with Gasteiger partial charge in [-0.2, -0.15) is 0 Å². The number of sulfonamides is 1. The standard InChI is InChI=1S/C32H41N3O4S/c1-6-8-20-33-32(37)29(7-2)34(22-27-14-11-12-25(4)21-27)31(36)23-35(30-15-10-9-13-26(30)5)40(38,39)28-18-16-24(3)17-19-28/h9-19,21,29H,6-8,20,22-23H2,1-5H3,(H,33,37). The summed E-state index contributed by atoms with van der Waals surface area (Å²) in [5.74, 6) is -0.682. The summed E-state index contributed by atoms with van der Waals surface area (Å²) in [5.41, 5.74) is 3.99. The van der Waals surface area contributed by atoms with Gasteiger partial charge in [-0.25, -0.2) is 8.42 Å². The molecule has 0 fully saturated rings. The van der Waals surface area contributed by atoms with Crippen molar-refractivity contribution in [1.29, 1.82) is 0 Å². The van der Waals surface area contributed by atoms with Gasteiger partial charge in [0.15, 0.2) is 0 Å². The highest BCUT2D eigenvalue weighted by Crippen LogP contribution is 2.27. The zero-order valence-corrected chi connectivity index (χ0v) is 25.0. The number of hydrogen-bond acceptors (Lipinski definition) is 4. The van der Waals surface area contributed by atoms with E-state index in [0.717, 1.165) is 35.1 Å². The Bertz CT molecular complexity index is 1400. The lowest BCUT2D eigenvalue weighted by atomic mass is 10.1. The van der Waals surface area contributed by atoms with Crippen LogP contribution in [0, 0.1) is 20.8 Å². The summed E-state index contributed by atoms with van der Waals surface area (Å²) in [4.78, 5) is 29.0. The van der Waals surface area contributed by atoms with Gasteiger partial charge in [0, 0.05) is 13.1 Å². The maximum Gasteiger partial charge on any atom is 0.264 e. The molecule has 0 aliphatic rings. The van der Waals surface area contributed by atoms with Gasteiger partial charge < -0.3 is 10.2 Å². The van der Waals surface area contributed by atoms with Crippen molar-refractivity contribution in [3.63, 3.8) is 0 Å². The molecule has 7 nitrogen and oxygen atoms in total. The molecule has 1 atom stereocenters. The number of aryl methyl sites for hydroxylation is 3. The predicted octanol–water partition coefficient (Wildman–Crippen LogP) is 5.53. The van der Waals surface area contributed by atoms with Crippen LogP contribution in [0.2, 0.25) is 0 Å². The Morgan fingerprint density at radius 2 is 1.57 bits per heavy atom. The molecular formula is C32H41N3O4S. The van der Waals surface area contributed by atoms with E-state index in [1.165, 1.54) is 9.21 Å². The highest BCUT2D eigenvalue weighted by atomic mass is 32.2. The Kier molecular flexibility index (Phi) is 10.9. The van der Waals surface area contributed by atoms with E-state index in [1.54, 1.807) is 36.4 Å². The first-order chi connectivity index (χ1) is 19.1. The van der Waals surface area contributed by atoms with Gasteiger partial charge in [-0.15, -0.1) is 0 Å². The van der Waals surface area contributed by atoms with Gasteiger partial charge in [-0.3, -0.25) is 13.9 Å². The average molecular weight is 564 g/mol. The van der Waals surface area contributed by atoms with Crippen molar-refractivity contribution in [1.82, 2.24) is 10.2 Å². The highest BCUT2D eigenvalue weighted by Gasteiger charge is 2.34. The van der Waals surface area contributed by atoms with Gasteiger partial charge in [0.2, 0.25) is 11.8 Å². The molecular weight excluding hydrogens is 522 g/mol. The van der Waals surface area contributed by atoms with Crippen LogP contribution in [-0.4, -0.2) is 44.3 Å². The normalized spacial score (nSPS) is 12.0. The largest absolute Gasteiger partial charge is 0.354 e. The molecule has 1 unspecified atom stereocenters. The summed E-state index contributed by atoms with van der Waals surface area (Å²) in [6, 6.07) is 20.7. The topological polar surface area (TPSA) is 86.8 Å². The Hall–Kier alpha value is -3.65. The minimum Gasteiger partial charge on any atom is -0.354 e. The summed E-state index contributed by atoms with van der Waals surface area (Å²) >= 11 is 0. The first kappa shape index (κ1) is 30.9. The average Bonchev–Trinajstić information content (AvgIpc) is 2.92. The molecule has 0 aromatic heterocycles. The van der Waals surface area contributed by atoms with Crippen molar-refractivity contribution >= 4 is 27.5 Å². The Morgan fingerprint density at radius 3 is 2.20 bits per heavy atom. The molecule has 0 aliphatic carbocycles. The number of amides is 2. The van der Waals surface area contributed by atoms with Crippen LogP contribution in [0.4, 0.5) is 5.69 Å². The molecule has 0 heterocycles. The van der Waals surface area contributed by atoms with E-state index in [1.807, 2.05) is 71.0 Å². The first-order valence-electron chi connectivity index (χ1n) is 13.9. The number of hydrogen-bond donors (Lipinski definition) is 1. The first-order valence-corrected chi connectivity index (χ1v) is 15.3. The molecule has 3 rings (SSSR count). The molecule has 0 aliphatic heterocycles. The summed E-state index contributed by atoms with van der Waals surface area (Å²) in [7, 11) is -4.09. The van der Waals surface area contributed by atoms with Crippen LogP contribution in [-0.2, 0) is 26.2 Å².